The molecule has 0 aliphatic carbocycles. The summed E-state index contributed by atoms with van der Waals surface area (Å²) in [4.78, 5) is 15.8. The number of aromatic amines is 1. The van der Waals surface area contributed by atoms with Crippen molar-refractivity contribution >= 4 is 35.1 Å². The molecule has 88 valence electrons. The first kappa shape index (κ1) is 11.9. The number of halogens is 2. The molecule has 0 fully saturated rings. The standard InChI is InChI=1S/C10H8Cl2N4O/c1-5-13-10(16-15-5)14-9(17)7-3-2-6(11)4-8(7)12/h2-4H,1H3,(H2,13,14,15,16,17). The molecule has 2 aromatic rings. The molecule has 0 saturated heterocycles. The number of rotatable bonds is 2. The largest absolute Gasteiger partial charge is 0.289 e. The molecule has 0 atom stereocenters. The summed E-state index contributed by atoms with van der Waals surface area (Å²) in [6.45, 7) is 1.73. The Morgan fingerprint density at radius 2 is 2.18 bits per heavy atom. The van der Waals surface area contributed by atoms with Crippen LogP contribution in [0.2, 0.25) is 10.0 Å². The third kappa shape index (κ3) is 2.75. The van der Waals surface area contributed by atoms with Gasteiger partial charge in [-0.25, -0.2) is 0 Å². The van der Waals surface area contributed by atoms with Crippen LogP contribution in [-0.4, -0.2) is 21.1 Å². The zero-order chi connectivity index (χ0) is 12.4. The highest BCUT2D eigenvalue weighted by atomic mass is 35.5. The van der Waals surface area contributed by atoms with E-state index in [1.54, 1.807) is 19.1 Å². The minimum Gasteiger partial charge on any atom is -0.289 e. The van der Waals surface area contributed by atoms with E-state index in [4.69, 9.17) is 23.2 Å². The van der Waals surface area contributed by atoms with Gasteiger partial charge in [0.15, 0.2) is 0 Å². The lowest BCUT2D eigenvalue weighted by molar-refractivity contribution is 0.102. The zero-order valence-electron chi connectivity index (χ0n) is 8.79. The Hall–Kier alpha value is -1.59. The minimum atomic E-state index is -0.384. The molecule has 1 amide bonds. The van der Waals surface area contributed by atoms with Crippen molar-refractivity contribution < 1.29 is 4.79 Å². The van der Waals surface area contributed by atoms with Crippen LogP contribution in [0.15, 0.2) is 18.2 Å². The van der Waals surface area contributed by atoms with Crippen LogP contribution in [0.4, 0.5) is 5.95 Å². The number of hydrogen-bond acceptors (Lipinski definition) is 3. The number of benzene rings is 1. The summed E-state index contributed by atoms with van der Waals surface area (Å²) in [5.41, 5.74) is 0.318. The predicted octanol–water partition coefficient (Wildman–Crippen LogP) is 2.67. The Labute approximate surface area is 107 Å². The van der Waals surface area contributed by atoms with Gasteiger partial charge in [-0.05, 0) is 25.1 Å². The van der Waals surface area contributed by atoms with E-state index in [1.807, 2.05) is 0 Å². The number of nitrogens with one attached hydrogen (secondary N) is 2. The molecule has 7 heteroatoms. The average Bonchev–Trinajstić information content (AvgIpc) is 2.63. The van der Waals surface area contributed by atoms with Crippen LogP contribution in [0.1, 0.15) is 16.2 Å². The first-order valence-corrected chi connectivity index (χ1v) is 5.47. The van der Waals surface area contributed by atoms with Crippen molar-refractivity contribution in [2.75, 3.05) is 5.32 Å². The van der Waals surface area contributed by atoms with E-state index in [-0.39, 0.29) is 16.9 Å². The molecule has 2 rings (SSSR count). The van der Waals surface area contributed by atoms with Crippen LogP contribution in [0, 0.1) is 6.92 Å². The molecule has 5 nitrogen and oxygen atoms in total. The molecule has 0 spiro atoms. The van der Waals surface area contributed by atoms with Gasteiger partial charge in [-0.1, -0.05) is 23.2 Å². The number of amides is 1. The molecular weight excluding hydrogens is 263 g/mol. The average molecular weight is 271 g/mol. The monoisotopic (exact) mass is 270 g/mol. The van der Waals surface area contributed by atoms with E-state index in [9.17, 15) is 4.79 Å². The molecule has 17 heavy (non-hydrogen) atoms. The van der Waals surface area contributed by atoms with E-state index < -0.39 is 0 Å². The maximum atomic E-state index is 11.8. The predicted molar refractivity (Wildman–Crippen MR) is 65.5 cm³/mol. The molecular formula is C10H8Cl2N4O. The molecule has 1 aromatic heterocycles. The fourth-order valence-corrected chi connectivity index (χ4v) is 1.74. The summed E-state index contributed by atoms with van der Waals surface area (Å²) in [5, 5.41) is 9.68. The number of aromatic nitrogens is 3. The van der Waals surface area contributed by atoms with Gasteiger partial charge in [0.2, 0.25) is 5.95 Å². The van der Waals surface area contributed by atoms with Crippen LogP contribution in [0.5, 0.6) is 0 Å². The van der Waals surface area contributed by atoms with Crippen molar-refractivity contribution in [3.05, 3.63) is 39.6 Å². The van der Waals surface area contributed by atoms with E-state index in [2.05, 4.69) is 20.5 Å². The van der Waals surface area contributed by atoms with Crippen molar-refractivity contribution in [2.24, 2.45) is 0 Å². The maximum Gasteiger partial charge on any atom is 0.259 e. The first-order chi connectivity index (χ1) is 8.06. The summed E-state index contributed by atoms with van der Waals surface area (Å²) >= 11 is 11.6. The molecule has 1 heterocycles. The molecule has 0 aliphatic rings. The molecule has 1 aromatic carbocycles. The van der Waals surface area contributed by atoms with Crippen molar-refractivity contribution in [2.45, 2.75) is 6.92 Å². The smallest absolute Gasteiger partial charge is 0.259 e. The number of hydrogen-bond donors (Lipinski definition) is 2. The van der Waals surface area contributed by atoms with Crippen LogP contribution < -0.4 is 5.32 Å². The Morgan fingerprint density at radius 3 is 2.76 bits per heavy atom. The van der Waals surface area contributed by atoms with Crippen LogP contribution in [-0.2, 0) is 0 Å². The molecule has 0 aliphatic heterocycles. The Bertz CT molecular complexity index is 567. The van der Waals surface area contributed by atoms with E-state index in [1.165, 1.54) is 6.07 Å². The lowest BCUT2D eigenvalue weighted by atomic mass is 10.2. The molecule has 2 N–H and O–H groups in total. The topological polar surface area (TPSA) is 70.7 Å². The SMILES string of the molecule is Cc1nc(NC(=O)c2ccc(Cl)cc2Cl)n[nH]1. The minimum absolute atomic E-state index is 0.207. The van der Waals surface area contributed by atoms with Gasteiger partial charge in [-0.3, -0.25) is 15.2 Å². The highest BCUT2D eigenvalue weighted by molar-refractivity contribution is 6.37. The summed E-state index contributed by atoms with van der Waals surface area (Å²) in [6, 6.07) is 4.63. The second-order valence-electron chi connectivity index (χ2n) is 3.32. The van der Waals surface area contributed by atoms with Crippen LogP contribution in [0.3, 0.4) is 0 Å². The Balaban J connectivity index is 2.20. The van der Waals surface area contributed by atoms with Crippen molar-refractivity contribution in [3.8, 4) is 0 Å². The normalized spacial score (nSPS) is 10.3. The summed E-state index contributed by atoms with van der Waals surface area (Å²) < 4.78 is 0. The van der Waals surface area contributed by atoms with Gasteiger partial charge in [0.05, 0.1) is 10.6 Å². The van der Waals surface area contributed by atoms with Crippen molar-refractivity contribution in [3.63, 3.8) is 0 Å². The number of carbonyl (C=O) groups excluding carboxylic acids is 1. The fraction of sp³-hybridized carbons (Fsp3) is 0.100. The molecule has 0 bridgehead atoms. The number of carbonyl (C=O) groups is 1. The molecule has 0 radical (unpaired) electrons. The third-order valence-corrected chi connectivity index (χ3v) is 2.55. The number of H-pyrrole nitrogens is 1. The number of nitrogens with zero attached hydrogens (tertiary/aromatic N) is 2. The zero-order valence-corrected chi connectivity index (χ0v) is 10.3. The lowest BCUT2D eigenvalue weighted by Crippen LogP contribution is -2.13. The van der Waals surface area contributed by atoms with E-state index >= 15 is 0 Å². The van der Waals surface area contributed by atoms with Gasteiger partial charge in [0, 0.05) is 5.02 Å². The highest BCUT2D eigenvalue weighted by Crippen LogP contribution is 2.21. The quantitative estimate of drug-likeness (QED) is 0.882. The third-order valence-electron chi connectivity index (χ3n) is 2.00. The van der Waals surface area contributed by atoms with Gasteiger partial charge in [0.1, 0.15) is 5.82 Å². The summed E-state index contributed by atoms with van der Waals surface area (Å²) in [5.74, 6) is 0.437. The fourth-order valence-electron chi connectivity index (χ4n) is 1.24. The highest BCUT2D eigenvalue weighted by Gasteiger charge is 2.12. The van der Waals surface area contributed by atoms with Crippen molar-refractivity contribution in [1.82, 2.24) is 15.2 Å². The first-order valence-electron chi connectivity index (χ1n) is 4.71. The Morgan fingerprint density at radius 1 is 1.41 bits per heavy atom. The number of aryl methyl sites for hydroxylation is 1. The van der Waals surface area contributed by atoms with Gasteiger partial charge in [-0.15, -0.1) is 5.10 Å². The van der Waals surface area contributed by atoms with Gasteiger partial charge in [0.25, 0.3) is 5.91 Å². The van der Waals surface area contributed by atoms with E-state index in [0.717, 1.165) is 0 Å². The van der Waals surface area contributed by atoms with Crippen molar-refractivity contribution in [1.29, 1.82) is 0 Å². The maximum absolute atomic E-state index is 11.8. The van der Waals surface area contributed by atoms with Gasteiger partial charge >= 0.3 is 0 Å². The summed E-state index contributed by atoms with van der Waals surface area (Å²) in [6.07, 6.45) is 0. The van der Waals surface area contributed by atoms with Gasteiger partial charge < -0.3 is 0 Å². The molecule has 0 unspecified atom stereocenters. The van der Waals surface area contributed by atoms with Crippen LogP contribution in [0.25, 0.3) is 0 Å². The number of anilines is 1. The van der Waals surface area contributed by atoms with Gasteiger partial charge in [-0.2, -0.15) is 4.98 Å². The van der Waals surface area contributed by atoms with E-state index in [0.29, 0.717) is 16.4 Å². The second-order valence-corrected chi connectivity index (χ2v) is 4.17. The lowest BCUT2D eigenvalue weighted by Gasteiger charge is -2.03. The second kappa shape index (κ2) is 4.73. The summed E-state index contributed by atoms with van der Waals surface area (Å²) in [7, 11) is 0. The Kier molecular flexibility index (Phi) is 3.31. The van der Waals surface area contributed by atoms with Crippen LogP contribution >= 0.6 is 23.2 Å². The molecule has 0 saturated carbocycles.